The van der Waals surface area contributed by atoms with Gasteiger partial charge in [0.05, 0.1) is 6.04 Å². The van der Waals surface area contributed by atoms with Crippen molar-refractivity contribution < 1.29 is 4.39 Å². The molecule has 0 spiro atoms. The number of halogens is 2. The molecule has 1 aromatic carbocycles. The van der Waals surface area contributed by atoms with Crippen LogP contribution in [0.2, 0.25) is 5.15 Å². The Morgan fingerprint density at radius 1 is 1.24 bits per heavy atom. The fourth-order valence-electron chi connectivity index (χ4n) is 1.63. The van der Waals surface area contributed by atoms with E-state index < -0.39 is 0 Å². The second-order valence-corrected chi connectivity index (χ2v) is 3.96. The van der Waals surface area contributed by atoms with Crippen LogP contribution in [0.4, 0.5) is 4.39 Å². The van der Waals surface area contributed by atoms with Crippen LogP contribution in [0.25, 0.3) is 0 Å². The first-order chi connectivity index (χ1) is 8.20. The first-order valence-electron chi connectivity index (χ1n) is 5.04. The summed E-state index contributed by atoms with van der Waals surface area (Å²) >= 11 is 5.71. The van der Waals surface area contributed by atoms with Crippen LogP contribution < -0.4 is 11.3 Å². The average Bonchev–Trinajstić information content (AvgIpc) is 2.33. The number of aromatic nitrogens is 1. The van der Waals surface area contributed by atoms with Crippen molar-refractivity contribution in [1.82, 2.24) is 10.4 Å². The van der Waals surface area contributed by atoms with E-state index in [9.17, 15) is 4.39 Å². The molecule has 88 valence electrons. The van der Waals surface area contributed by atoms with E-state index in [0.717, 1.165) is 11.1 Å². The molecule has 0 aliphatic rings. The van der Waals surface area contributed by atoms with Crippen LogP contribution in [-0.4, -0.2) is 4.98 Å². The zero-order valence-corrected chi connectivity index (χ0v) is 9.66. The topological polar surface area (TPSA) is 50.9 Å². The standard InChI is InChI=1S/C12H11ClFN3/c13-11-5-4-9(7-16-11)12(17-15)8-2-1-3-10(14)6-8/h1-7,12,17H,15H2. The Hall–Kier alpha value is -1.49. The molecule has 0 bridgehead atoms. The minimum Gasteiger partial charge on any atom is -0.271 e. The number of hydrogen-bond donors (Lipinski definition) is 2. The zero-order valence-electron chi connectivity index (χ0n) is 8.90. The van der Waals surface area contributed by atoms with Crippen molar-refractivity contribution in [2.75, 3.05) is 0 Å². The van der Waals surface area contributed by atoms with E-state index in [2.05, 4.69) is 10.4 Å². The number of pyridine rings is 1. The van der Waals surface area contributed by atoms with Crippen LogP contribution in [0.15, 0.2) is 42.6 Å². The summed E-state index contributed by atoms with van der Waals surface area (Å²) in [6, 6.07) is 9.40. The highest BCUT2D eigenvalue weighted by Gasteiger charge is 2.13. The molecule has 0 saturated carbocycles. The highest BCUT2D eigenvalue weighted by Crippen LogP contribution is 2.22. The molecular weight excluding hydrogens is 241 g/mol. The molecule has 1 unspecified atom stereocenters. The number of rotatable bonds is 3. The van der Waals surface area contributed by atoms with Crippen molar-refractivity contribution in [2.24, 2.45) is 5.84 Å². The van der Waals surface area contributed by atoms with Gasteiger partial charge in [0.2, 0.25) is 0 Å². The van der Waals surface area contributed by atoms with Crippen LogP contribution in [0.5, 0.6) is 0 Å². The maximum Gasteiger partial charge on any atom is 0.129 e. The van der Waals surface area contributed by atoms with E-state index in [-0.39, 0.29) is 11.9 Å². The molecule has 3 N–H and O–H groups in total. The van der Waals surface area contributed by atoms with Gasteiger partial charge < -0.3 is 0 Å². The molecule has 0 aliphatic carbocycles. The third-order valence-electron chi connectivity index (χ3n) is 2.43. The van der Waals surface area contributed by atoms with Gasteiger partial charge >= 0.3 is 0 Å². The van der Waals surface area contributed by atoms with E-state index in [1.165, 1.54) is 12.1 Å². The number of nitrogens with two attached hydrogens (primary N) is 1. The minimum atomic E-state index is -0.310. The summed E-state index contributed by atoms with van der Waals surface area (Å²) in [6.45, 7) is 0. The quantitative estimate of drug-likeness (QED) is 0.500. The fraction of sp³-hybridized carbons (Fsp3) is 0.0833. The molecule has 0 radical (unpaired) electrons. The molecule has 3 nitrogen and oxygen atoms in total. The van der Waals surface area contributed by atoms with Crippen molar-refractivity contribution >= 4 is 11.6 Å². The predicted octanol–water partition coefficient (Wildman–Crippen LogP) is 2.43. The Morgan fingerprint density at radius 2 is 2.06 bits per heavy atom. The fourth-order valence-corrected chi connectivity index (χ4v) is 1.74. The van der Waals surface area contributed by atoms with Gasteiger partial charge in [0.15, 0.2) is 0 Å². The molecule has 0 fully saturated rings. The summed E-state index contributed by atoms with van der Waals surface area (Å²) in [5.74, 6) is 5.19. The lowest BCUT2D eigenvalue weighted by Gasteiger charge is -2.16. The normalized spacial score (nSPS) is 12.4. The highest BCUT2D eigenvalue weighted by molar-refractivity contribution is 6.29. The lowest BCUT2D eigenvalue weighted by Crippen LogP contribution is -2.29. The Morgan fingerprint density at radius 3 is 2.65 bits per heavy atom. The molecule has 2 aromatic rings. The van der Waals surface area contributed by atoms with Crippen LogP contribution in [0.3, 0.4) is 0 Å². The average molecular weight is 252 g/mol. The summed E-state index contributed by atoms with van der Waals surface area (Å²) in [5.41, 5.74) is 4.19. The second-order valence-electron chi connectivity index (χ2n) is 3.57. The van der Waals surface area contributed by atoms with Crippen molar-refractivity contribution in [2.45, 2.75) is 6.04 Å². The molecule has 1 heterocycles. The first kappa shape index (κ1) is 12.0. The largest absolute Gasteiger partial charge is 0.271 e. The molecule has 2 rings (SSSR count). The molecule has 0 amide bonds. The third-order valence-corrected chi connectivity index (χ3v) is 2.66. The van der Waals surface area contributed by atoms with E-state index in [0.29, 0.717) is 5.15 Å². The zero-order chi connectivity index (χ0) is 12.3. The van der Waals surface area contributed by atoms with Gasteiger partial charge in [-0.1, -0.05) is 29.8 Å². The molecule has 1 aromatic heterocycles. The summed E-state index contributed by atoms with van der Waals surface area (Å²) in [4.78, 5) is 3.97. The van der Waals surface area contributed by atoms with Gasteiger partial charge in [0.1, 0.15) is 11.0 Å². The van der Waals surface area contributed by atoms with E-state index >= 15 is 0 Å². The molecule has 17 heavy (non-hydrogen) atoms. The molecule has 0 saturated heterocycles. The molecule has 5 heteroatoms. The summed E-state index contributed by atoms with van der Waals surface area (Å²) < 4.78 is 13.1. The first-order valence-corrected chi connectivity index (χ1v) is 5.41. The number of hydrogen-bond acceptors (Lipinski definition) is 3. The number of nitrogens with one attached hydrogen (secondary N) is 1. The van der Waals surface area contributed by atoms with Crippen molar-refractivity contribution in [1.29, 1.82) is 0 Å². The third kappa shape index (κ3) is 2.79. The monoisotopic (exact) mass is 251 g/mol. The Bertz CT molecular complexity index is 501. The van der Waals surface area contributed by atoms with Gasteiger partial charge in [-0.05, 0) is 29.3 Å². The van der Waals surface area contributed by atoms with Crippen molar-refractivity contribution in [3.8, 4) is 0 Å². The van der Waals surface area contributed by atoms with Gasteiger partial charge in [-0.15, -0.1) is 0 Å². The minimum absolute atomic E-state index is 0.301. The Balaban J connectivity index is 2.36. The number of nitrogens with zero attached hydrogens (tertiary/aromatic N) is 1. The maximum absolute atomic E-state index is 13.1. The summed E-state index contributed by atoms with van der Waals surface area (Å²) in [5, 5.41) is 0.406. The van der Waals surface area contributed by atoms with E-state index in [1.807, 2.05) is 0 Å². The van der Waals surface area contributed by atoms with Gasteiger partial charge in [-0.25, -0.2) is 14.8 Å². The van der Waals surface area contributed by atoms with Crippen LogP contribution in [0.1, 0.15) is 17.2 Å². The van der Waals surface area contributed by atoms with E-state index in [1.54, 1.807) is 30.5 Å². The van der Waals surface area contributed by atoms with Gasteiger partial charge in [-0.3, -0.25) is 5.84 Å². The van der Waals surface area contributed by atoms with Crippen LogP contribution in [0, 0.1) is 5.82 Å². The lowest BCUT2D eigenvalue weighted by atomic mass is 10.0. The molecule has 0 aliphatic heterocycles. The van der Waals surface area contributed by atoms with Crippen LogP contribution >= 0.6 is 11.6 Å². The summed E-state index contributed by atoms with van der Waals surface area (Å²) in [6.07, 6.45) is 1.61. The second kappa shape index (κ2) is 5.23. The van der Waals surface area contributed by atoms with Gasteiger partial charge in [-0.2, -0.15) is 0 Å². The highest BCUT2D eigenvalue weighted by atomic mass is 35.5. The SMILES string of the molecule is NNC(c1ccc(Cl)nc1)c1cccc(F)c1. The smallest absolute Gasteiger partial charge is 0.129 e. The molecule has 1 atom stereocenters. The van der Waals surface area contributed by atoms with Gasteiger partial charge in [0, 0.05) is 6.20 Å². The van der Waals surface area contributed by atoms with Gasteiger partial charge in [0.25, 0.3) is 0 Å². The maximum atomic E-state index is 13.1. The lowest BCUT2D eigenvalue weighted by molar-refractivity contribution is 0.604. The van der Waals surface area contributed by atoms with E-state index in [4.69, 9.17) is 17.4 Å². The van der Waals surface area contributed by atoms with Crippen molar-refractivity contribution in [3.05, 3.63) is 64.7 Å². The summed E-state index contributed by atoms with van der Waals surface area (Å²) in [7, 11) is 0. The van der Waals surface area contributed by atoms with Crippen LogP contribution in [-0.2, 0) is 0 Å². The number of benzene rings is 1. The molecular formula is C12H11ClFN3. The van der Waals surface area contributed by atoms with Crippen molar-refractivity contribution in [3.63, 3.8) is 0 Å². The predicted molar refractivity (Wildman–Crippen MR) is 64.8 cm³/mol. The Kier molecular flexibility index (Phi) is 3.68. The Labute approximate surface area is 103 Å². The number of hydrazine groups is 1.